The number of alkyl halides is 4. The van der Waals surface area contributed by atoms with Crippen LogP contribution in [0.25, 0.3) is 0 Å². The molecule has 2 amide bonds. The van der Waals surface area contributed by atoms with E-state index >= 15 is 0 Å². The number of carbonyl (C=O) groups excluding carboxylic acids is 3. The number of anilines is 2. The summed E-state index contributed by atoms with van der Waals surface area (Å²) in [6, 6.07) is 16.5. The van der Waals surface area contributed by atoms with Gasteiger partial charge < -0.3 is 0 Å². The van der Waals surface area contributed by atoms with E-state index in [1.54, 1.807) is 0 Å². The van der Waals surface area contributed by atoms with Crippen LogP contribution in [0.4, 0.5) is 33.3 Å². The van der Waals surface area contributed by atoms with Gasteiger partial charge in [0.15, 0.2) is 0 Å². The number of hydrogen-bond acceptors (Lipinski definition) is 6. The van der Waals surface area contributed by atoms with E-state index in [2.05, 4.69) is 4.84 Å². The first-order valence-electron chi connectivity index (χ1n) is 10.7. The third-order valence-corrected chi connectivity index (χ3v) is 8.12. The van der Waals surface area contributed by atoms with E-state index in [1.807, 2.05) is 29.2 Å². The molecule has 0 atom stereocenters. The van der Waals surface area contributed by atoms with Crippen molar-refractivity contribution in [2.45, 2.75) is 27.6 Å². The van der Waals surface area contributed by atoms with Crippen LogP contribution in [0.3, 0.4) is 0 Å². The fourth-order valence-corrected chi connectivity index (χ4v) is 5.80. The van der Waals surface area contributed by atoms with Crippen molar-refractivity contribution in [2.75, 3.05) is 15.1 Å². The molecular formula is C26H26F5IN2O6. The first kappa shape index (κ1) is 34.4. The predicted molar refractivity (Wildman–Crippen MR) is 145 cm³/mol. The topological polar surface area (TPSA) is 96.4 Å². The average molecular weight is 684 g/mol. The number of halogens is 6. The molecule has 1 N–H and O–H groups in total. The predicted octanol–water partition coefficient (Wildman–Crippen LogP) is 6.91. The van der Waals surface area contributed by atoms with Gasteiger partial charge >= 0.3 is 78.8 Å². The summed E-state index contributed by atoms with van der Waals surface area (Å²) in [5.74, 6) is -2.64. The maximum atomic E-state index is 12.5. The number of nitrogens with zero attached hydrogens (tertiary/aromatic N) is 2. The van der Waals surface area contributed by atoms with E-state index in [4.69, 9.17) is 8.27 Å². The fraction of sp³-hybridized carbons (Fsp3) is 0.192. The molecule has 40 heavy (non-hydrogen) atoms. The Labute approximate surface area is 234 Å². The van der Waals surface area contributed by atoms with E-state index in [-0.39, 0.29) is 29.8 Å². The number of rotatable bonds is 3. The van der Waals surface area contributed by atoms with Crippen molar-refractivity contribution in [3.8, 4) is 0 Å². The summed E-state index contributed by atoms with van der Waals surface area (Å²) in [6.45, 7) is 2.11. The van der Waals surface area contributed by atoms with Crippen LogP contribution < -0.4 is 10.1 Å². The SMILES string of the molecule is C.CC(=O)N(O)c1ccc(F)cc1.CC(=O)N(OC(F)(F)F)c1ccc(F)cc1.CI1OC(=O)c2ccccc21. The number of hydrogen-bond donors (Lipinski definition) is 1. The molecule has 1 aliphatic heterocycles. The molecule has 0 saturated carbocycles. The number of hydroxylamine groups is 2. The molecule has 0 saturated heterocycles. The van der Waals surface area contributed by atoms with Gasteiger partial charge in [0.25, 0.3) is 0 Å². The molecule has 4 rings (SSSR count). The standard InChI is InChI=1S/C9H7F4NO2.C8H8FNO2.C8H7IO2.CH4/c1-6(15)14(16-9(11,12)13)8-4-2-7(10)3-5-8;1-6(11)10(12)8-4-2-7(9)3-5-8;1-9-7-5-3-2-4-6(7)8(10)11-9;/h2-5H,1H3;2-5,12H,1H3;2-5H,1H3;1H4. The molecule has 1 aliphatic rings. The van der Waals surface area contributed by atoms with Crippen LogP contribution in [0.15, 0.2) is 72.8 Å². The molecule has 0 bridgehead atoms. The number of fused-ring (bicyclic) bond motifs is 1. The van der Waals surface area contributed by atoms with Crippen LogP contribution in [0, 0.1) is 15.2 Å². The van der Waals surface area contributed by atoms with Crippen LogP contribution in [0.1, 0.15) is 31.6 Å². The van der Waals surface area contributed by atoms with Crippen molar-refractivity contribution in [3.05, 3.63) is 93.6 Å². The Morgan fingerprint density at radius 3 is 1.75 bits per heavy atom. The maximum absolute atomic E-state index is 12.5. The Hall–Kier alpha value is -3.63. The summed E-state index contributed by atoms with van der Waals surface area (Å²) in [4.78, 5) is 38.1. The van der Waals surface area contributed by atoms with Gasteiger partial charge in [-0.1, -0.05) is 7.43 Å². The molecule has 0 unspecified atom stereocenters. The minimum absolute atomic E-state index is 0. The van der Waals surface area contributed by atoms with Gasteiger partial charge in [-0.3, -0.25) is 14.8 Å². The molecule has 0 fully saturated rings. The third kappa shape index (κ3) is 10.5. The van der Waals surface area contributed by atoms with E-state index in [9.17, 15) is 36.3 Å². The Bertz CT molecular complexity index is 1290. The summed E-state index contributed by atoms with van der Waals surface area (Å²) >= 11 is -1.52. The molecule has 14 heteroatoms. The monoisotopic (exact) mass is 684 g/mol. The normalized spacial score (nSPS) is 12.3. The summed E-state index contributed by atoms with van der Waals surface area (Å²) in [7, 11) is 0. The first-order valence-corrected chi connectivity index (χ1v) is 14.8. The minimum atomic E-state index is -4.99. The van der Waals surface area contributed by atoms with E-state index in [0.717, 1.165) is 40.3 Å². The number of carbonyl (C=O) groups is 3. The van der Waals surface area contributed by atoms with Gasteiger partial charge in [0.1, 0.15) is 11.6 Å². The molecule has 0 aliphatic carbocycles. The number of benzene rings is 3. The molecule has 0 spiro atoms. The summed E-state index contributed by atoms with van der Waals surface area (Å²) in [5.41, 5.74) is 0.829. The summed E-state index contributed by atoms with van der Waals surface area (Å²) in [5, 5.41) is 9.55. The summed E-state index contributed by atoms with van der Waals surface area (Å²) in [6.07, 6.45) is -4.99. The van der Waals surface area contributed by atoms with Gasteiger partial charge in [-0.15, -0.1) is 13.2 Å². The van der Waals surface area contributed by atoms with Crippen molar-refractivity contribution in [1.29, 1.82) is 0 Å². The van der Waals surface area contributed by atoms with Crippen molar-refractivity contribution in [3.63, 3.8) is 0 Å². The van der Waals surface area contributed by atoms with Crippen molar-refractivity contribution < 1.29 is 49.4 Å². The molecule has 0 aromatic heterocycles. The molecular weight excluding hydrogens is 658 g/mol. The van der Waals surface area contributed by atoms with E-state index < -0.39 is 50.0 Å². The fourth-order valence-electron chi connectivity index (χ4n) is 2.79. The van der Waals surface area contributed by atoms with Gasteiger partial charge in [-0.2, -0.15) is 15.0 Å². The van der Waals surface area contributed by atoms with Crippen molar-refractivity contribution in [1.82, 2.24) is 0 Å². The zero-order valence-corrected chi connectivity index (χ0v) is 22.7. The summed E-state index contributed by atoms with van der Waals surface area (Å²) < 4.78 is 67.0. The number of amides is 2. The Morgan fingerprint density at radius 1 is 0.850 bits per heavy atom. The van der Waals surface area contributed by atoms with Crippen LogP contribution in [0.5, 0.6) is 0 Å². The quantitative estimate of drug-likeness (QED) is 0.106. The van der Waals surface area contributed by atoms with Gasteiger partial charge in [-0.05, 0) is 48.5 Å². The second-order valence-electron chi connectivity index (χ2n) is 7.40. The zero-order valence-electron chi connectivity index (χ0n) is 20.6. The molecule has 0 radical (unpaired) electrons. The van der Waals surface area contributed by atoms with Crippen molar-refractivity contribution >= 4 is 49.4 Å². The van der Waals surface area contributed by atoms with Crippen LogP contribution in [0.2, 0.25) is 0 Å². The molecule has 3 aromatic carbocycles. The molecule has 218 valence electrons. The van der Waals surface area contributed by atoms with Gasteiger partial charge in [0.2, 0.25) is 11.8 Å². The van der Waals surface area contributed by atoms with E-state index in [0.29, 0.717) is 5.06 Å². The first-order chi connectivity index (χ1) is 18.2. The Kier molecular flexibility index (Phi) is 13.1. The molecule has 1 heterocycles. The zero-order chi connectivity index (χ0) is 29.3. The Morgan fingerprint density at radius 2 is 1.32 bits per heavy atom. The van der Waals surface area contributed by atoms with Crippen LogP contribution in [-0.2, 0) is 17.5 Å². The average Bonchev–Trinajstić information content (AvgIpc) is 3.17. The third-order valence-electron chi connectivity index (χ3n) is 4.48. The van der Waals surface area contributed by atoms with E-state index in [1.165, 1.54) is 31.2 Å². The Balaban J connectivity index is 0.000000302. The second kappa shape index (κ2) is 15.2. The molecule has 3 aromatic rings. The van der Waals surface area contributed by atoms with Gasteiger partial charge in [-0.25, -0.2) is 8.78 Å². The second-order valence-corrected chi connectivity index (χ2v) is 11.4. The van der Waals surface area contributed by atoms with Crippen LogP contribution >= 0.6 is 20.2 Å². The van der Waals surface area contributed by atoms with Crippen molar-refractivity contribution in [2.24, 2.45) is 0 Å². The van der Waals surface area contributed by atoms with Gasteiger partial charge in [0, 0.05) is 13.8 Å². The molecule has 8 nitrogen and oxygen atoms in total. The van der Waals surface area contributed by atoms with Gasteiger partial charge in [0.05, 0.1) is 11.4 Å². The van der Waals surface area contributed by atoms with Crippen LogP contribution in [-0.4, -0.2) is 34.3 Å².